The minimum Gasteiger partial charge on any atom is -0.750 e. The zero-order valence-electron chi connectivity index (χ0n) is 19.9. The predicted molar refractivity (Wildman–Crippen MR) is 131 cm³/mol. The van der Waals surface area contributed by atoms with E-state index in [1.807, 2.05) is 50.2 Å². The van der Waals surface area contributed by atoms with E-state index >= 15 is 0 Å². The van der Waals surface area contributed by atoms with E-state index < -0.39 is 17.7 Å². The molecule has 0 amide bonds. The van der Waals surface area contributed by atoms with Gasteiger partial charge in [0, 0.05) is 6.42 Å². The Bertz CT molecular complexity index is 1150. The number of hydrogen-bond donors (Lipinski definition) is 0. The van der Waals surface area contributed by atoms with Crippen LogP contribution in [-0.4, -0.2) is 32.3 Å². The van der Waals surface area contributed by atoms with E-state index in [2.05, 4.69) is 36.2 Å². The van der Waals surface area contributed by atoms with Crippen LogP contribution >= 0.6 is 0 Å². The Labute approximate surface area is 217 Å². The molecule has 0 N–H and O–H groups in total. The van der Waals surface area contributed by atoms with Crippen molar-refractivity contribution in [3.05, 3.63) is 78.9 Å². The van der Waals surface area contributed by atoms with Crippen molar-refractivity contribution in [2.75, 3.05) is 0 Å². The van der Waals surface area contributed by atoms with Gasteiger partial charge < -0.3 is 12.0 Å². The standard InChI is InChI=1S/C22H23N3.CHF3O3S.CH3.Fe/c1-15-9-5-7-11-19(15)23-17(3)21-13-14-22(25-21)18(4)24-20-12-8-6-10-16(20)2;2-1(3,4)7-8(5)6;;/h5-13H,14H2,1-4H3;(H,5,6);1H3;/q;;-1;+2/p-1. The van der Waals surface area contributed by atoms with Gasteiger partial charge in [-0.25, -0.2) is 13.4 Å². The van der Waals surface area contributed by atoms with Crippen molar-refractivity contribution in [3.63, 3.8) is 0 Å². The molecule has 190 valence electrons. The third-order valence-electron chi connectivity index (χ3n) is 4.50. The van der Waals surface area contributed by atoms with Crippen LogP contribution in [0.2, 0.25) is 0 Å². The third kappa shape index (κ3) is 11.2. The molecule has 6 nitrogen and oxygen atoms in total. The van der Waals surface area contributed by atoms with Gasteiger partial charge in [-0.3, -0.25) is 9.98 Å². The molecule has 0 aromatic heterocycles. The van der Waals surface area contributed by atoms with Crippen molar-refractivity contribution in [3.8, 4) is 0 Å². The SMILES string of the molecule is CC(=Nc1ccccc1C)C1=CCC(C(C)=Nc2ccccc2C)=N1.O=S([O-])OC(F)(F)F.[CH3-].[Fe+2]. The van der Waals surface area contributed by atoms with Crippen molar-refractivity contribution >= 4 is 39.9 Å². The number of halogens is 3. The maximum Gasteiger partial charge on any atom is 2.00 e. The summed E-state index contributed by atoms with van der Waals surface area (Å²) in [5, 5.41) is 0. The largest absolute Gasteiger partial charge is 2.00 e. The summed E-state index contributed by atoms with van der Waals surface area (Å²) in [5.74, 6) is 0. The van der Waals surface area contributed by atoms with E-state index in [-0.39, 0.29) is 24.5 Å². The second-order valence-corrected chi connectivity index (χ2v) is 7.63. The molecule has 0 fully saturated rings. The average Bonchev–Trinajstić information content (AvgIpc) is 3.21. The molecule has 1 heterocycles. The first-order valence-electron chi connectivity index (χ1n) is 9.82. The Morgan fingerprint density at radius 1 is 0.971 bits per heavy atom. The summed E-state index contributed by atoms with van der Waals surface area (Å²) in [4.78, 5) is 14.2. The molecule has 2 aromatic rings. The molecule has 0 saturated heterocycles. The zero-order chi connectivity index (χ0) is 24.6. The third-order valence-corrected chi connectivity index (χ3v) is 4.83. The van der Waals surface area contributed by atoms with Crippen molar-refractivity contribution in [1.29, 1.82) is 0 Å². The number of nitrogens with zero attached hydrogens (tertiary/aromatic N) is 3. The Kier molecular flexibility index (Phi) is 13.8. The number of alkyl halides is 3. The number of allylic oxidation sites excluding steroid dienone is 2. The second-order valence-electron chi connectivity index (χ2n) is 7.05. The van der Waals surface area contributed by atoms with Gasteiger partial charge in [0.15, 0.2) is 0 Å². The van der Waals surface area contributed by atoms with Gasteiger partial charge in [0.1, 0.15) is 0 Å². The van der Waals surface area contributed by atoms with E-state index in [0.717, 1.165) is 40.6 Å². The van der Waals surface area contributed by atoms with Gasteiger partial charge in [-0.1, -0.05) is 42.5 Å². The number of aliphatic imine (C=N–C) groups is 3. The molecule has 0 saturated carbocycles. The van der Waals surface area contributed by atoms with Crippen LogP contribution in [0.4, 0.5) is 24.5 Å². The Morgan fingerprint density at radius 3 is 1.83 bits per heavy atom. The summed E-state index contributed by atoms with van der Waals surface area (Å²) in [6.07, 6.45) is -2.16. The first kappa shape index (κ1) is 32.6. The van der Waals surface area contributed by atoms with Crippen molar-refractivity contribution in [2.24, 2.45) is 15.0 Å². The van der Waals surface area contributed by atoms with E-state index in [9.17, 15) is 13.2 Å². The fraction of sp³-hybridized carbons (Fsp3) is 0.250. The van der Waals surface area contributed by atoms with Gasteiger partial charge in [0.25, 0.3) is 0 Å². The predicted octanol–water partition coefficient (Wildman–Crippen LogP) is 6.68. The van der Waals surface area contributed by atoms with E-state index in [4.69, 9.17) is 23.7 Å². The van der Waals surface area contributed by atoms with Gasteiger partial charge >= 0.3 is 23.4 Å². The molecule has 0 spiro atoms. The quantitative estimate of drug-likeness (QED) is 0.180. The average molecular weight is 549 g/mol. The molecular weight excluding hydrogens is 523 g/mol. The molecule has 3 rings (SSSR count). The van der Waals surface area contributed by atoms with E-state index in [1.54, 1.807) is 0 Å². The van der Waals surface area contributed by atoms with Crippen molar-refractivity contribution in [1.82, 2.24) is 0 Å². The molecule has 0 bridgehead atoms. The molecular formula is C24H26F3FeN3O3S. The molecule has 2 aromatic carbocycles. The van der Waals surface area contributed by atoms with Crippen LogP contribution in [0.1, 0.15) is 31.4 Å². The minimum atomic E-state index is -5.09. The minimum absolute atomic E-state index is 0. The van der Waals surface area contributed by atoms with E-state index in [0.29, 0.717) is 0 Å². The zero-order valence-corrected chi connectivity index (χ0v) is 21.8. The van der Waals surface area contributed by atoms with Crippen LogP contribution < -0.4 is 0 Å². The molecule has 35 heavy (non-hydrogen) atoms. The molecule has 11 heteroatoms. The molecule has 1 aliphatic rings. The second kappa shape index (κ2) is 14.9. The van der Waals surface area contributed by atoms with Crippen molar-refractivity contribution < 1.29 is 43.2 Å². The number of aryl methyl sites for hydroxylation is 2. The summed E-state index contributed by atoms with van der Waals surface area (Å²) in [6.45, 7) is 8.18. The van der Waals surface area contributed by atoms with Crippen LogP contribution in [0.3, 0.4) is 0 Å². The first-order valence-corrected chi connectivity index (χ1v) is 10.8. The normalized spacial score (nSPS) is 14.5. The topological polar surface area (TPSA) is 86.4 Å². The van der Waals surface area contributed by atoms with Crippen LogP contribution in [0, 0.1) is 21.3 Å². The molecule has 0 aliphatic carbocycles. The number of benzene rings is 2. The number of hydrogen-bond acceptors (Lipinski definition) is 6. The molecule has 1 aliphatic heterocycles. The van der Waals surface area contributed by atoms with Gasteiger partial charge in [0.2, 0.25) is 0 Å². The fourth-order valence-corrected chi connectivity index (χ4v) is 2.98. The van der Waals surface area contributed by atoms with Crippen LogP contribution in [0.5, 0.6) is 0 Å². The van der Waals surface area contributed by atoms with Crippen LogP contribution in [0.15, 0.2) is 75.3 Å². The summed E-state index contributed by atoms with van der Waals surface area (Å²) in [6, 6.07) is 16.3. The Balaban J connectivity index is 0.00000101. The van der Waals surface area contributed by atoms with Crippen molar-refractivity contribution in [2.45, 2.75) is 40.5 Å². The summed E-state index contributed by atoms with van der Waals surface area (Å²) in [5.41, 5.74) is 8.19. The van der Waals surface area contributed by atoms with Crippen LogP contribution in [0.25, 0.3) is 0 Å². The first-order chi connectivity index (χ1) is 15.5. The summed E-state index contributed by atoms with van der Waals surface area (Å²) < 4.78 is 52.6. The summed E-state index contributed by atoms with van der Waals surface area (Å²) >= 11 is -3.51. The number of para-hydroxylation sites is 2. The Hall–Kier alpha value is -2.43. The van der Waals surface area contributed by atoms with Gasteiger partial charge in [-0.05, 0) is 51.0 Å². The Morgan fingerprint density at radius 2 is 1.43 bits per heavy atom. The molecule has 0 radical (unpaired) electrons. The van der Waals surface area contributed by atoms with Gasteiger partial charge in [-0.15, -0.1) is 13.2 Å². The maximum absolute atomic E-state index is 10.7. The maximum atomic E-state index is 10.7. The molecule has 1 unspecified atom stereocenters. The number of rotatable bonds is 5. The van der Waals surface area contributed by atoms with Gasteiger partial charge in [-0.2, -0.15) is 0 Å². The fourth-order valence-electron chi connectivity index (χ4n) is 2.83. The van der Waals surface area contributed by atoms with Crippen LogP contribution in [-0.2, 0) is 32.6 Å². The summed E-state index contributed by atoms with van der Waals surface area (Å²) in [7, 11) is 0. The van der Waals surface area contributed by atoms with E-state index in [1.165, 1.54) is 11.1 Å². The smallest absolute Gasteiger partial charge is 0.750 e. The monoisotopic (exact) mass is 549 g/mol. The molecule has 1 atom stereocenters. The van der Waals surface area contributed by atoms with Gasteiger partial charge in [0.05, 0.1) is 45.6 Å².